The highest BCUT2D eigenvalue weighted by atomic mass is 32.3. The molecule has 0 unspecified atom stereocenters. The van der Waals surface area contributed by atoms with Gasteiger partial charge in [-0.1, -0.05) is 0 Å². The topological polar surface area (TPSA) is 71.5 Å². The second-order valence-electron chi connectivity index (χ2n) is 2.20. The van der Waals surface area contributed by atoms with E-state index in [-0.39, 0.29) is 0 Å². The Hall–Kier alpha value is -0.490. The highest BCUT2D eigenvalue weighted by Gasteiger charge is 2.85. The van der Waals surface area contributed by atoms with Gasteiger partial charge in [-0.15, -0.1) is 4.48 Å². The minimum absolute atomic E-state index is 2.51. The van der Waals surface area contributed by atoms with Gasteiger partial charge < -0.3 is 0 Å². The Labute approximate surface area is 74.1 Å². The van der Waals surface area contributed by atoms with E-state index in [1.54, 1.807) is 0 Å². The molecule has 0 aromatic rings. The third kappa shape index (κ3) is 0.857. The molecule has 0 saturated carbocycles. The van der Waals surface area contributed by atoms with Gasteiger partial charge in [0.15, 0.2) is 0 Å². The van der Waals surface area contributed by atoms with Gasteiger partial charge in [-0.3, -0.25) is 0 Å². The van der Waals surface area contributed by atoms with Gasteiger partial charge in [0.1, 0.15) is 0 Å². The molecule has 0 radical (unpaired) electrons. The van der Waals surface area contributed by atoms with E-state index in [1.165, 1.54) is 0 Å². The van der Waals surface area contributed by atoms with Crippen LogP contribution in [0.3, 0.4) is 0 Å². The van der Waals surface area contributed by atoms with Crippen LogP contribution in [0, 0.1) is 0 Å². The van der Waals surface area contributed by atoms with Gasteiger partial charge in [-0.2, -0.15) is 17.6 Å². The number of hydrogen-bond acceptors (Lipinski definition) is 4. The zero-order valence-electron chi connectivity index (χ0n) is 5.79. The van der Waals surface area contributed by atoms with E-state index in [0.29, 0.717) is 0 Å². The first-order chi connectivity index (χ1) is 5.90. The second-order valence-corrected chi connectivity index (χ2v) is 5.99. The number of sulfonamides is 2. The van der Waals surface area contributed by atoms with Gasteiger partial charge in [-0.05, 0) is 0 Å². The number of halogens is 5. The van der Waals surface area contributed by atoms with Crippen molar-refractivity contribution in [1.82, 2.24) is 3.93 Å². The molecule has 0 bridgehead atoms. The van der Waals surface area contributed by atoms with Crippen molar-refractivity contribution in [2.45, 2.75) is 10.5 Å². The molecule has 0 N–H and O–H groups in total. The highest BCUT2D eigenvalue weighted by molar-refractivity contribution is 8.08. The summed E-state index contributed by atoms with van der Waals surface area (Å²) in [5, 5.41) is -12.0. The molecular weight excluding hydrogens is 261 g/mol. The lowest BCUT2D eigenvalue weighted by molar-refractivity contribution is -0.0920. The quantitative estimate of drug-likeness (QED) is 0.455. The molecule has 1 heterocycles. The van der Waals surface area contributed by atoms with Crippen molar-refractivity contribution in [1.29, 1.82) is 0 Å². The fourth-order valence-electron chi connectivity index (χ4n) is 0.610. The summed E-state index contributed by atoms with van der Waals surface area (Å²) in [4.78, 5) is 0. The summed E-state index contributed by atoms with van der Waals surface area (Å²) in [6.45, 7) is 0. The molecule has 0 amide bonds. The van der Waals surface area contributed by atoms with Crippen molar-refractivity contribution in [2.24, 2.45) is 0 Å². The molecule has 84 valence electrons. The molecule has 1 aliphatic heterocycles. The summed E-state index contributed by atoms with van der Waals surface area (Å²) in [5.41, 5.74) is 0. The smallest absolute Gasteiger partial charge is 0.202 e. The Balaban J connectivity index is 3.73. The zero-order valence-corrected chi connectivity index (χ0v) is 7.42. The van der Waals surface area contributed by atoms with E-state index in [1.807, 2.05) is 0 Å². The number of rotatable bonds is 0. The molecular formula is C2F5NO4S2. The lowest BCUT2D eigenvalue weighted by Crippen LogP contribution is -2.42. The summed E-state index contributed by atoms with van der Waals surface area (Å²) in [6, 6.07) is 0. The normalized spacial score (nSPS) is 32.9. The monoisotopic (exact) mass is 261 g/mol. The Bertz CT molecular complexity index is 420. The Morgan fingerprint density at radius 2 is 1.00 bits per heavy atom. The van der Waals surface area contributed by atoms with Crippen molar-refractivity contribution >= 4 is 20.0 Å². The average Bonchev–Trinajstić information content (AvgIpc) is 2.05. The molecule has 14 heavy (non-hydrogen) atoms. The standard InChI is InChI=1S/C2F5NO4S2/c3-1(4)2(5,6)14(11,12)8(7)13(1,9)10. The number of hydrogen-bond donors (Lipinski definition) is 0. The number of nitrogens with zero attached hydrogens (tertiary/aromatic N) is 1. The molecule has 1 saturated heterocycles. The van der Waals surface area contributed by atoms with E-state index in [4.69, 9.17) is 0 Å². The van der Waals surface area contributed by atoms with E-state index >= 15 is 0 Å². The van der Waals surface area contributed by atoms with Crippen LogP contribution >= 0.6 is 0 Å². The highest BCUT2D eigenvalue weighted by Crippen LogP contribution is 2.52. The van der Waals surface area contributed by atoms with Crippen molar-refractivity contribution in [3.05, 3.63) is 0 Å². The fourth-order valence-corrected chi connectivity index (χ4v) is 3.80. The van der Waals surface area contributed by atoms with Crippen LogP contribution in [-0.4, -0.2) is 31.3 Å². The Kier molecular flexibility index (Phi) is 1.95. The third-order valence-electron chi connectivity index (χ3n) is 1.36. The molecule has 5 nitrogen and oxygen atoms in total. The average molecular weight is 261 g/mol. The van der Waals surface area contributed by atoms with E-state index in [0.717, 1.165) is 0 Å². The predicted molar refractivity (Wildman–Crippen MR) is 30.7 cm³/mol. The third-order valence-corrected chi connectivity index (χ3v) is 5.24. The van der Waals surface area contributed by atoms with E-state index in [9.17, 15) is 38.9 Å². The largest absolute Gasteiger partial charge is 0.440 e. The SMILES string of the molecule is O=S1(=O)N(F)S(=O)(=O)C(F)(F)C1(F)F. The molecule has 1 aliphatic rings. The summed E-state index contributed by atoms with van der Waals surface area (Å²) >= 11 is 0. The minimum atomic E-state index is -6.52. The summed E-state index contributed by atoms with van der Waals surface area (Å²) in [6.07, 6.45) is 0. The molecule has 0 aromatic carbocycles. The van der Waals surface area contributed by atoms with Crippen molar-refractivity contribution in [2.75, 3.05) is 0 Å². The summed E-state index contributed by atoms with van der Waals surface area (Å²) < 4.78 is 99.4. The molecule has 1 fully saturated rings. The van der Waals surface area contributed by atoms with Crippen molar-refractivity contribution < 1.29 is 38.9 Å². The maximum absolute atomic E-state index is 12.2. The van der Waals surface area contributed by atoms with Gasteiger partial charge in [-0.25, -0.2) is 16.8 Å². The minimum Gasteiger partial charge on any atom is -0.202 e. The van der Waals surface area contributed by atoms with Crippen LogP contribution in [-0.2, 0) is 20.0 Å². The first kappa shape index (κ1) is 11.6. The van der Waals surface area contributed by atoms with Gasteiger partial charge in [0.05, 0.1) is 3.93 Å². The lowest BCUT2D eigenvalue weighted by atomic mass is 10.7. The van der Waals surface area contributed by atoms with Crippen molar-refractivity contribution in [3.63, 3.8) is 0 Å². The van der Waals surface area contributed by atoms with Crippen LogP contribution in [0.4, 0.5) is 22.0 Å². The fraction of sp³-hybridized carbons (Fsp3) is 1.00. The van der Waals surface area contributed by atoms with Crippen LogP contribution in [0.5, 0.6) is 0 Å². The predicted octanol–water partition coefficient (Wildman–Crippen LogP) is 0.0317. The number of alkyl halides is 4. The van der Waals surface area contributed by atoms with Gasteiger partial charge in [0.25, 0.3) is 0 Å². The maximum Gasteiger partial charge on any atom is 0.440 e. The van der Waals surface area contributed by atoms with Crippen LogP contribution in [0.25, 0.3) is 0 Å². The molecule has 0 atom stereocenters. The Morgan fingerprint density at radius 3 is 1.07 bits per heavy atom. The lowest BCUT2D eigenvalue weighted by Gasteiger charge is -2.11. The van der Waals surface area contributed by atoms with Crippen molar-refractivity contribution in [3.8, 4) is 0 Å². The summed E-state index contributed by atoms with van der Waals surface area (Å²) in [5.74, 6) is 0. The molecule has 1 rings (SSSR count). The van der Waals surface area contributed by atoms with E-state index in [2.05, 4.69) is 0 Å². The van der Waals surface area contributed by atoms with Gasteiger partial charge >= 0.3 is 30.6 Å². The molecule has 12 heteroatoms. The van der Waals surface area contributed by atoms with Crippen LogP contribution < -0.4 is 0 Å². The summed E-state index contributed by atoms with van der Waals surface area (Å²) in [7, 11) is -13.0. The first-order valence-corrected chi connectivity index (χ1v) is 5.50. The van der Waals surface area contributed by atoms with Gasteiger partial charge in [0, 0.05) is 0 Å². The first-order valence-electron chi connectivity index (χ1n) is 2.62. The zero-order chi connectivity index (χ0) is 11.6. The second kappa shape index (κ2) is 2.36. The van der Waals surface area contributed by atoms with Gasteiger partial charge in [0.2, 0.25) is 0 Å². The molecule has 0 aromatic heterocycles. The van der Waals surface area contributed by atoms with Crippen LogP contribution in [0.2, 0.25) is 0 Å². The van der Waals surface area contributed by atoms with E-state index < -0.39 is 34.5 Å². The van der Waals surface area contributed by atoms with Crippen LogP contribution in [0.1, 0.15) is 0 Å². The Morgan fingerprint density at radius 1 is 0.786 bits per heavy atom. The van der Waals surface area contributed by atoms with Crippen LogP contribution in [0.15, 0.2) is 0 Å². The maximum atomic E-state index is 12.2. The molecule has 0 aliphatic carbocycles. The molecule has 0 spiro atoms.